The molecule has 1 amide bonds. The topological polar surface area (TPSA) is 95.9 Å². The highest BCUT2D eigenvalue weighted by Crippen LogP contribution is 2.17. The fourth-order valence-electron chi connectivity index (χ4n) is 9.34. The third-order valence-corrected chi connectivity index (χ3v) is 14.0. The zero-order valence-corrected chi connectivity index (χ0v) is 45.1. The number of carbonyl (C=O) groups is 2. The first-order chi connectivity index (χ1) is 33.0. The number of allylic oxidation sites excluding steroid dienone is 3. The molecule has 0 aromatic rings. The van der Waals surface area contributed by atoms with Gasteiger partial charge in [0.2, 0.25) is 5.91 Å². The van der Waals surface area contributed by atoms with Crippen LogP contribution in [0.5, 0.6) is 0 Å². The molecule has 396 valence electrons. The van der Waals surface area contributed by atoms with Crippen LogP contribution in [0.3, 0.4) is 0 Å². The SMILES string of the molecule is CCCCCCCCCCCCCCCCCCCC/C=C/C(O)C(CO)NC(=O)CCCCCCC/C=C\CCCCCOC(=O)CCCCCCCCCCCCCCCCCCCC. The van der Waals surface area contributed by atoms with E-state index < -0.39 is 12.1 Å². The number of hydrogen-bond acceptors (Lipinski definition) is 5. The Bertz CT molecular complexity index is 1040. The lowest BCUT2D eigenvalue weighted by Gasteiger charge is -2.20. The van der Waals surface area contributed by atoms with Crippen LogP contribution >= 0.6 is 0 Å². The molecule has 0 radical (unpaired) electrons. The van der Waals surface area contributed by atoms with Gasteiger partial charge in [-0.25, -0.2) is 0 Å². The normalized spacial score (nSPS) is 12.7. The first-order valence-electron chi connectivity index (χ1n) is 30.1. The fraction of sp³-hybridized carbons (Fsp3) is 0.902. The second kappa shape index (κ2) is 56.9. The van der Waals surface area contributed by atoms with Gasteiger partial charge < -0.3 is 20.3 Å². The van der Waals surface area contributed by atoms with Crippen molar-refractivity contribution in [3.63, 3.8) is 0 Å². The molecule has 6 heteroatoms. The molecule has 0 aliphatic heterocycles. The van der Waals surface area contributed by atoms with Gasteiger partial charge in [-0.15, -0.1) is 0 Å². The number of aliphatic hydroxyl groups excluding tert-OH is 2. The zero-order valence-electron chi connectivity index (χ0n) is 45.1. The van der Waals surface area contributed by atoms with E-state index in [1.165, 1.54) is 225 Å². The molecule has 0 aliphatic carbocycles. The molecule has 2 unspecified atom stereocenters. The maximum absolute atomic E-state index is 12.5. The maximum Gasteiger partial charge on any atom is 0.305 e. The van der Waals surface area contributed by atoms with Crippen LogP contribution in [0.4, 0.5) is 0 Å². The molecular formula is C61H117NO5. The fourth-order valence-corrected chi connectivity index (χ4v) is 9.34. The molecule has 0 aliphatic rings. The number of unbranched alkanes of at least 4 members (excludes halogenated alkanes) is 43. The molecule has 0 aromatic heterocycles. The van der Waals surface area contributed by atoms with Crippen LogP contribution < -0.4 is 5.32 Å². The minimum atomic E-state index is -0.861. The summed E-state index contributed by atoms with van der Waals surface area (Å²) in [6, 6.07) is -0.647. The van der Waals surface area contributed by atoms with Gasteiger partial charge in [0.05, 0.1) is 25.4 Å². The summed E-state index contributed by atoms with van der Waals surface area (Å²) in [6.07, 6.45) is 69.2. The van der Waals surface area contributed by atoms with E-state index in [1.807, 2.05) is 6.08 Å². The summed E-state index contributed by atoms with van der Waals surface area (Å²) in [5.74, 6) is -0.110. The van der Waals surface area contributed by atoms with Crippen molar-refractivity contribution in [2.24, 2.45) is 0 Å². The van der Waals surface area contributed by atoms with Gasteiger partial charge >= 0.3 is 5.97 Å². The Hall–Kier alpha value is -1.66. The van der Waals surface area contributed by atoms with Crippen LogP contribution in [0, 0.1) is 0 Å². The number of aliphatic hydroxyl groups is 2. The van der Waals surface area contributed by atoms with Gasteiger partial charge in [0.1, 0.15) is 0 Å². The number of amides is 1. The van der Waals surface area contributed by atoms with E-state index in [0.29, 0.717) is 19.4 Å². The van der Waals surface area contributed by atoms with E-state index in [4.69, 9.17) is 4.74 Å². The van der Waals surface area contributed by atoms with Crippen LogP contribution in [0.25, 0.3) is 0 Å². The van der Waals surface area contributed by atoms with Crippen molar-refractivity contribution in [2.45, 2.75) is 341 Å². The summed E-state index contributed by atoms with van der Waals surface area (Å²) in [7, 11) is 0. The molecule has 2 atom stereocenters. The van der Waals surface area contributed by atoms with Crippen molar-refractivity contribution in [3.05, 3.63) is 24.3 Å². The molecular weight excluding hydrogens is 827 g/mol. The predicted molar refractivity (Wildman–Crippen MR) is 292 cm³/mol. The number of hydrogen-bond donors (Lipinski definition) is 3. The molecule has 0 aromatic carbocycles. The third-order valence-electron chi connectivity index (χ3n) is 14.0. The first-order valence-corrected chi connectivity index (χ1v) is 30.1. The first kappa shape index (κ1) is 65.3. The standard InChI is InChI=1S/C61H117NO5/c1-3-5-7-9-11-13-15-17-19-21-23-24-25-27-29-33-37-41-45-49-53-59(64)58(57-63)62-60(65)54-50-46-42-38-34-31-32-36-40-44-48-52-56-67-61(66)55-51-47-43-39-35-30-28-26-22-20-18-16-14-12-10-8-6-4-2/h32,36,49,53,58-59,63-64H,3-31,33-35,37-48,50-52,54-57H2,1-2H3,(H,62,65)/b36-32-,53-49+. The van der Waals surface area contributed by atoms with Crippen LogP contribution in [-0.4, -0.2) is 47.4 Å². The molecule has 3 N–H and O–H groups in total. The molecule has 67 heavy (non-hydrogen) atoms. The monoisotopic (exact) mass is 944 g/mol. The molecule has 0 saturated heterocycles. The van der Waals surface area contributed by atoms with Gasteiger partial charge in [-0.05, 0) is 64.2 Å². The number of carbonyl (C=O) groups excluding carboxylic acids is 2. The number of ether oxygens (including phenoxy) is 1. The van der Waals surface area contributed by atoms with Gasteiger partial charge in [-0.1, -0.05) is 276 Å². The third kappa shape index (κ3) is 53.5. The second-order valence-corrected chi connectivity index (χ2v) is 20.7. The molecule has 0 heterocycles. The van der Waals surface area contributed by atoms with Crippen molar-refractivity contribution in [1.29, 1.82) is 0 Å². The summed E-state index contributed by atoms with van der Waals surface area (Å²) in [4.78, 5) is 24.6. The van der Waals surface area contributed by atoms with E-state index in [1.54, 1.807) is 6.08 Å². The van der Waals surface area contributed by atoms with Crippen molar-refractivity contribution < 1.29 is 24.5 Å². The van der Waals surface area contributed by atoms with Crippen molar-refractivity contribution >= 4 is 11.9 Å². The number of esters is 1. The lowest BCUT2D eigenvalue weighted by molar-refractivity contribution is -0.143. The average molecular weight is 945 g/mol. The maximum atomic E-state index is 12.5. The van der Waals surface area contributed by atoms with Crippen molar-refractivity contribution in [1.82, 2.24) is 5.32 Å². The Kier molecular flexibility index (Phi) is 55.5. The van der Waals surface area contributed by atoms with Crippen LogP contribution in [0.1, 0.15) is 328 Å². The van der Waals surface area contributed by atoms with Gasteiger partial charge in [-0.3, -0.25) is 9.59 Å². The van der Waals surface area contributed by atoms with Crippen LogP contribution in [0.2, 0.25) is 0 Å². The Labute approximate surface area is 418 Å². The highest BCUT2D eigenvalue weighted by molar-refractivity contribution is 5.76. The van der Waals surface area contributed by atoms with E-state index in [2.05, 4.69) is 31.3 Å². The van der Waals surface area contributed by atoms with Gasteiger partial charge in [0.15, 0.2) is 0 Å². The van der Waals surface area contributed by atoms with E-state index in [9.17, 15) is 19.8 Å². The number of rotatable bonds is 56. The van der Waals surface area contributed by atoms with Gasteiger partial charge in [0, 0.05) is 12.8 Å². The molecule has 0 rings (SSSR count). The summed E-state index contributed by atoms with van der Waals surface area (Å²) in [5.41, 5.74) is 0. The Balaban J connectivity index is 3.50. The second-order valence-electron chi connectivity index (χ2n) is 20.7. The lowest BCUT2D eigenvalue weighted by atomic mass is 10.0. The summed E-state index contributed by atoms with van der Waals surface area (Å²) in [5, 5.41) is 23.2. The van der Waals surface area contributed by atoms with Crippen molar-refractivity contribution in [2.75, 3.05) is 13.2 Å². The largest absolute Gasteiger partial charge is 0.466 e. The summed E-state index contributed by atoms with van der Waals surface area (Å²) in [6.45, 7) is 4.87. The van der Waals surface area contributed by atoms with Crippen molar-refractivity contribution in [3.8, 4) is 0 Å². The van der Waals surface area contributed by atoms with E-state index in [-0.39, 0.29) is 18.5 Å². The van der Waals surface area contributed by atoms with Gasteiger partial charge in [0.25, 0.3) is 0 Å². The highest BCUT2D eigenvalue weighted by Gasteiger charge is 2.18. The molecule has 6 nitrogen and oxygen atoms in total. The predicted octanol–water partition coefficient (Wildman–Crippen LogP) is 18.6. The Morgan fingerprint density at radius 3 is 1.06 bits per heavy atom. The minimum Gasteiger partial charge on any atom is -0.466 e. The minimum absolute atomic E-state index is 0.0194. The van der Waals surface area contributed by atoms with E-state index >= 15 is 0 Å². The Morgan fingerprint density at radius 1 is 0.403 bits per heavy atom. The average Bonchev–Trinajstić information content (AvgIpc) is 3.33. The van der Waals surface area contributed by atoms with Crippen LogP contribution in [0.15, 0.2) is 24.3 Å². The molecule has 0 fully saturated rings. The molecule has 0 bridgehead atoms. The number of nitrogens with one attached hydrogen (secondary N) is 1. The smallest absolute Gasteiger partial charge is 0.305 e. The summed E-state index contributed by atoms with van der Waals surface area (Å²) >= 11 is 0. The highest BCUT2D eigenvalue weighted by atomic mass is 16.5. The zero-order chi connectivity index (χ0) is 48.6. The molecule has 0 spiro atoms. The summed E-state index contributed by atoms with van der Waals surface area (Å²) < 4.78 is 5.47. The van der Waals surface area contributed by atoms with Crippen LogP contribution in [-0.2, 0) is 14.3 Å². The quantitative estimate of drug-likeness (QED) is 0.0321. The molecule has 0 saturated carbocycles. The Morgan fingerprint density at radius 2 is 0.701 bits per heavy atom. The van der Waals surface area contributed by atoms with E-state index in [0.717, 1.165) is 77.0 Å². The lowest BCUT2D eigenvalue weighted by Crippen LogP contribution is -2.45. The van der Waals surface area contributed by atoms with Gasteiger partial charge in [-0.2, -0.15) is 0 Å².